The summed E-state index contributed by atoms with van der Waals surface area (Å²) in [7, 11) is 0. The summed E-state index contributed by atoms with van der Waals surface area (Å²) in [6.07, 6.45) is 37.4. The van der Waals surface area contributed by atoms with Crippen LogP contribution >= 0.6 is 0 Å². The van der Waals surface area contributed by atoms with Crippen molar-refractivity contribution in [2.45, 2.75) is 216 Å². The Kier molecular flexibility index (Phi) is 23.0. The first-order chi connectivity index (χ1) is 70.8. The summed E-state index contributed by atoms with van der Waals surface area (Å²) in [6, 6.07) is 139. The third-order valence-electron chi connectivity index (χ3n) is 36.0. The van der Waals surface area contributed by atoms with Crippen molar-refractivity contribution in [2.24, 2.45) is 23.7 Å². The lowest BCUT2D eigenvalue weighted by Crippen LogP contribution is -2.55. The van der Waals surface area contributed by atoms with Crippen LogP contribution in [-0.4, -0.2) is 9.13 Å². The fraction of sp³-hybridized carbons (Fsp3) is 0.275. The molecule has 29 rings (SSSR count). The van der Waals surface area contributed by atoms with Gasteiger partial charge in [0, 0.05) is 101 Å². The Hall–Kier alpha value is -14.2. The highest BCUT2D eigenvalue weighted by atomic mass is 15.2. The second-order valence-electron chi connectivity index (χ2n) is 44.9. The molecule has 714 valence electrons. The van der Waals surface area contributed by atoms with E-state index >= 15 is 0 Å². The van der Waals surface area contributed by atoms with Gasteiger partial charge in [-0.25, -0.2) is 0 Å². The molecule has 0 saturated heterocycles. The maximum Gasteiger partial charge on any atom is 0.0542 e. The van der Waals surface area contributed by atoms with Crippen LogP contribution in [0.25, 0.3) is 67.1 Å². The van der Waals surface area contributed by atoms with E-state index in [4.69, 9.17) is 0 Å². The number of aromatic nitrogens is 2. The Labute approximate surface area is 852 Å². The SMILES string of the molecule is C=Cc1ccc(C23CC4CC(C2)CC(c2ccc(-n5c6ccc(N(c7ccc(CCCC)cc7)c7ccc(CCCC)cc7)cc6c6cc(N(c7ccc(CCCC)cc7)c7ccc8c(c7)CC8)ccc65)cc2)(C4)C3)cc1.C=Cc1ccc(C23CC4CC(C2)CC(c2ccc(-n5c6ccc(N(c7ccccc7)c7ccc8c(c7)CC8)cc6c6cc(N(c7ccccc7)c7ccc8c(c7)CC8)ccc65)cc2)(C4)C3)cc1. The van der Waals surface area contributed by atoms with Gasteiger partial charge in [0.2, 0.25) is 0 Å². The highest BCUT2D eigenvalue weighted by Gasteiger charge is 2.60. The first kappa shape index (κ1) is 89.9. The summed E-state index contributed by atoms with van der Waals surface area (Å²) in [5.74, 6) is 3.18. The highest BCUT2D eigenvalue weighted by Crippen LogP contribution is 2.69. The molecule has 8 saturated carbocycles. The molecule has 16 aromatic carbocycles. The van der Waals surface area contributed by atoms with Gasteiger partial charge in [0.05, 0.1) is 22.1 Å². The maximum absolute atomic E-state index is 4.06. The second kappa shape index (κ2) is 36.9. The van der Waals surface area contributed by atoms with Crippen LogP contribution in [0.3, 0.4) is 0 Å². The minimum absolute atomic E-state index is 0.215. The van der Waals surface area contributed by atoms with Gasteiger partial charge in [-0.1, -0.05) is 229 Å². The standard InChI is InChI=1S/C74H77N3.C64H55N3/c1-5-9-12-53-17-30-62(31-18-53)75(63-32-19-54(20-33-63)13-10-6-2)67-39-41-71-69(45-67)70-46-68(76(66-36-25-58-23-24-59(58)44-66)64-34-21-55(22-35-64)14-11-7-3)40-42-72(70)77(71)65-37-28-61(29-38-65)74-49-56-43-57(50-74)48-73(47-56,51-74)60-26-15-52(8-4)16-27-60;1-2-43-13-21-50(22-14-43)63-38-44-33-45(39-63)41-64(40-44,42-63)51-23-27-54(28-24-51)67-61-31-29-57(65(52-9-5-3-6-10-52)55-25-19-46-15-17-48(46)34-55)36-59(61)60-37-58(30-32-62(60)67)66(53-11-7-4-8-12-53)56-26-20-47-16-18-49(47)35-56/h8,15-22,25-42,44-46,56-57H,4-7,9-14,23-24,43,47-51H2,1-3H3;2-14,19-32,34-37,44-45H,1,15-18,33,38-42H2. The van der Waals surface area contributed by atoms with E-state index in [1.165, 1.54) is 296 Å². The van der Waals surface area contributed by atoms with Gasteiger partial charge in [-0.15, -0.1) is 0 Å². The third kappa shape index (κ3) is 16.1. The summed E-state index contributed by atoms with van der Waals surface area (Å²) in [4.78, 5) is 9.88. The summed E-state index contributed by atoms with van der Waals surface area (Å²) in [6.45, 7) is 14.9. The molecule has 8 fully saturated rings. The first-order valence-corrected chi connectivity index (χ1v) is 54.6. The fourth-order valence-corrected chi connectivity index (χ4v) is 29.3. The van der Waals surface area contributed by atoms with Crippen molar-refractivity contribution in [1.82, 2.24) is 9.13 Å². The molecule has 18 aromatic rings. The summed E-state index contributed by atoms with van der Waals surface area (Å²) >= 11 is 0. The number of aryl methyl sites for hydroxylation is 9. The van der Waals surface area contributed by atoms with Crippen molar-refractivity contribution < 1.29 is 0 Å². The minimum atomic E-state index is 0.215. The van der Waals surface area contributed by atoms with E-state index in [1.807, 2.05) is 12.2 Å². The van der Waals surface area contributed by atoms with E-state index in [-0.39, 0.29) is 21.7 Å². The van der Waals surface area contributed by atoms with E-state index < -0.39 is 0 Å². The number of nitrogens with zero attached hydrogens (tertiary/aromatic N) is 6. The zero-order chi connectivity index (χ0) is 96.4. The zero-order valence-corrected chi connectivity index (χ0v) is 84.2. The van der Waals surface area contributed by atoms with E-state index in [9.17, 15) is 0 Å². The van der Waals surface area contributed by atoms with E-state index in [2.05, 4.69) is 421 Å². The smallest absolute Gasteiger partial charge is 0.0542 e. The fourth-order valence-electron chi connectivity index (χ4n) is 29.3. The molecule has 2 heterocycles. The van der Waals surface area contributed by atoms with Crippen LogP contribution in [0.1, 0.15) is 220 Å². The van der Waals surface area contributed by atoms with Crippen LogP contribution in [0.4, 0.5) is 68.2 Å². The molecule has 0 amide bonds. The van der Waals surface area contributed by atoms with Crippen molar-refractivity contribution >= 4 is 124 Å². The number of rotatable bonds is 29. The molecule has 6 nitrogen and oxygen atoms in total. The number of benzene rings is 16. The number of anilines is 12. The van der Waals surface area contributed by atoms with Gasteiger partial charge in [0.25, 0.3) is 0 Å². The Morgan fingerprint density at radius 1 is 0.250 bits per heavy atom. The number of para-hydroxylation sites is 2. The van der Waals surface area contributed by atoms with Gasteiger partial charge in [-0.3, -0.25) is 0 Å². The van der Waals surface area contributed by atoms with Crippen LogP contribution in [-0.2, 0) is 79.4 Å². The Bertz CT molecular complexity index is 7660. The number of hydrogen-bond acceptors (Lipinski definition) is 4. The second-order valence-corrected chi connectivity index (χ2v) is 44.9. The predicted octanol–water partition coefficient (Wildman–Crippen LogP) is 36.6. The molecule has 11 aliphatic rings. The number of unbranched alkanes of at least 4 members (excludes halogenated alkanes) is 3. The largest absolute Gasteiger partial charge is 0.310 e. The van der Waals surface area contributed by atoms with Gasteiger partial charge in [-0.05, 0) is 477 Å². The lowest BCUT2D eigenvalue weighted by Gasteiger charge is -2.63. The van der Waals surface area contributed by atoms with E-state index in [1.54, 1.807) is 16.7 Å². The molecule has 11 aliphatic carbocycles. The summed E-state index contributed by atoms with van der Waals surface area (Å²) < 4.78 is 5.08. The Morgan fingerprint density at radius 3 is 0.736 bits per heavy atom. The van der Waals surface area contributed by atoms with Crippen LogP contribution in [0.5, 0.6) is 0 Å². The molecule has 0 spiro atoms. The van der Waals surface area contributed by atoms with Crippen molar-refractivity contribution in [3.8, 4) is 11.4 Å². The number of hydrogen-bond donors (Lipinski definition) is 0. The molecule has 4 unspecified atom stereocenters. The van der Waals surface area contributed by atoms with Crippen LogP contribution < -0.4 is 19.6 Å². The molecule has 6 heteroatoms. The lowest BCUT2D eigenvalue weighted by molar-refractivity contribution is -0.0283. The van der Waals surface area contributed by atoms with Gasteiger partial charge in [0.1, 0.15) is 0 Å². The topological polar surface area (TPSA) is 22.8 Å². The molecule has 0 aliphatic heterocycles. The van der Waals surface area contributed by atoms with Gasteiger partial charge < -0.3 is 28.7 Å². The first-order valence-electron chi connectivity index (χ1n) is 54.6. The lowest BCUT2D eigenvalue weighted by atomic mass is 9.41. The Balaban J connectivity index is 0.000000148. The molecule has 0 N–H and O–H groups in total. The molecular formula is C138H132N6. The highest BCUT2D eigenvalue weighted by molar-refractivity contribution is 6.14. The quantitative estimate of drug-likeness (QED) is 0.0466. The summed E-state index contributed by atoms with van der Waals surface area (Å²) in [5, 5.41) is 5.01. The Morgan fingerprint density at radius 2 is 0.486 bits per heavy atom. The van der Waals surface area contributed by atoms with Crippen molar-refractivity contribution in [2.75, 3.05) is 19.6 Å². The molecule has 2 aromatic heterocycles. The van der Waals surface area contributed by atoms with E-state index in [0.717, 1.165) is 90.6 Å². The molecular weight excluding hydrogens is 1740 g/mol. The molecule has 4 atom stereocenters. The van der Waals surface area contributed by atoms with Gasteiger partial charge in [-0.2, -0.15) is 0 Å². The van der Waals surface area contributed by atoms with Crippen molar-refractivity contribution in [3.05, 3.63) is 455 Å². The predicted molar refractivity (Wildman–Crippen MR) is 607 cm³/mol. The average molecular weight is 1870 g/mol. The van der Waals surface area contributed by atoms with Crippen molar-refractivity contribution in [3.63, 3.8) is 0 Å². The normalized spacial score (nSPS) is 20.9. The molecule has 8 bridgehead atoms. The third-order valence-corrected chi connectivity index (χ3v) is 36.0. The minimum Gasteiger partial charge on any atom is -0.310 e. The van der Waals surface area contributed by atoms with E-state index in [0.29, 0.717) is 0 Å². The maximum atomic E-state index is 4.06. The van der Waals surface area contributed by atoms with Crippen LogP contribution in [0.15, 0.2) is 371 Å². The molecule has 0 radical (unpaired) electrons. The zero-order valence-electron chi connectivity index (χ0n) is 84.2. The monoisotopic (exact) mass is 1870 g/mol. The van der Waals surface area contributed by atoms with Gasteiger partial charge >= 0.3 is 0 Å². The summed E-state index contributed by atoms with van der Waals surface area (Å²) in [5.41, 5.74) is 44.1. The van der Waals surface area contributed by atoms with Gasteiger partial charge in [0.15, 0.2) is 0 Å². The van der Waals surface area contributed by atoms with Crippen molar-refractivity contribution in [1.29, 1.82) is 0 Å². The molecule has 144 heavy (non-hydrogen) atoms. The number of fused-ring (bicyclic) bond motifs is 9. The van der Waals surface area contributed by atoms with Crippen LogP contribution in [0.2, 0.25) is 0 Å². The average Bonchev–Trinajstić information content (AvgIpc) is 1.00. The van der Waals surface area contributed by atoms with Crippen LogP contribution in [0, 0.1) is 23.7 Å².